The second kappa shape index (κ2) is 9.54. The monoisotopic (exact) mass is 440 g/mol. The van der Waals surface area contributed by atoms with Crippen LogP contribution in [0.4, 0.5) is 0 Å². The third kappa shape index (κ3) is 4.59. The van der Waals surface area contributed by atoms with Gasteiger partial charge in [-0.2, -0.15) is 0 Å². The summed E-state index contributed by atoms with van der Waals surface area (Å²) in [4.78, 5) is 27.8. The summed E-state index contributed by atoms with van der Waals surface area (Å²) in [6.07, 6.45) is 5.99. The number of fused-ring (bicyclic) bond motifs is 1. The molecule has 7 atom stereocenters. The van der Waals surface area contributed by atoms with Crippen molar-refractivity contribution in [2.75, 3.05) is 13.1 Å². The van der Waals surface area contributed by atoms with Gasteiger partial charge in [-0.3, -0.25) is 9.59 Å². The maximum absolute atomic E-state index is 13.1. The Hall–Kier alpha value is -1.88. The van der Waals surface area contributed by atoms with Gasteiger partial charge in [0.2, 0.25) is 11.8 Å². The largest absolute Gasteiger partial charge is 0.392 e. The van der Waals surface area contributed by atoms with E-state index in [1.807, 2.05) is 42.2 Å². The molecule has 1 aromatic rings. The van der Waals surface area contributed by atoms with E-state index in [-0.39, 0.29) is 46.9 Å². The second-order valence-electron chi connectivity index (χ2n) is 10.9. The van der Waals surface area contributed by atoms with Crippen molar-refractivity contribution in [3.8, 4) is 0 Å². The highest BCUT2D eigenvalue weighted by Crippen LogP contribution is 2.55. The zero-order valence-corrected chi connectivity index (χ0v) is 19.9. The molecule has 4 rings (SSSR count). The first-order valence-corrected chi connectivity index (χ1v) is 12.6. The van der Waals surface area contributed by atoms with Crippen molar-refractivity contribution in [3.63, 3.8) is 0 Å². The molecule has 0 unspecified atom stereocenters. The number of aliphatic hydroxyl groups excluding tert-OH is 1. The molecule has 5 nitrogen and oxygen atoms in total. The normalized spacial score (nSPS) is 35.8. The molecule has 1 saturated heterocycles. The molecule has 2 N–H and O–H groups in total. The van der Waals surface area contributed by atoms with Crippen LogP contribution < -0.4 is 5.32 Å². The van der Waals surface area contributed by atoms with Gasteiger partial charge >= 0.3 is 0 Å². The van der Waals surface area contributed by atoms with Crippen molar-refractivity contribution in [2.45, 2.75) is 77.9 Å². The summed E-state index contributed by atoms with van der Waals surface area (Å²) in [6.45, 7) is 8.23. The Bertz CT molecular complexity index is 806. The SMILES string of the molecule is C[C@H]1[C@@H]2[C@@H](O)[C@H]([C@H](C)C(=O)N3CCCC3)CC[C@@]2(C)CC[C@@H]1NC(=O)Cc1ccccc1. The van der Waals surface area contributed by atoms with E-state index in [0.717, 1.165) is 57.2 Å². The first-order chi connectivity index (χ1) is 15.3. The van der Waals surface area contributed by atoms with Gasteiger partial charge in [-0.1, -0.05) is 51.1 Å². The lowest BCUT2D eigenvalue weighted by Crippen LogP contribution is -2.58. The van der Waals surface area contributed by atoms with E-state index >= 15 is 0 Å². The highest BCUT2D eigenvalue weighted by molar-refractivity contribution is 5.79. The molecule has 176 valence electrons. The Morgan fingerprint density at radius 1 is 1.16 bits per heavy atom. The van der Waals surface area contributed by atoms with Gasteiger partial charge in [-0.05, 0) is 67.3 Å². The first kappa shape index (κ1) is 23.3. The number of carbonyl (C=O) groups is 2. The number of nitrogens with zero attached hydrogens (tertiary/aromatic N) is 1. The maximum atomic E-state index is 13.1. The molecule has 0 radical (unpaired) electrons. The van der Waals surface area contributed by atoms with Crippen LogP contribution in [-0.2, 0) is 16.0 Å². The minimum absolute atomic E-state index is 0.00222. The van der Waals surface area contributed by atoms with Gasteiger partial charge in [0.15, 0.2) is 0 Å². The summed E-state index contributed by atoms with van der Waals surface area (Å²) < 4.78 is 0. The molecular formula is C27H40N2O3. The second-order valence-corrected chi connectivity index (χ2v) is 10.9. The van der Waals surface area contributed by atoms with Crippen LogP contribution >= 0.6 is 0 Å². The van der Waals surface area contributed by atoms with Crippen LogP contribution in [0.1, 0.15) is 64.9 Å². The summed E-state index contributed by atoms with van der Waals surface area (Å²) in [7, 11) is 0. The zero-order valence-electron chi connectivity index (χ0n) is 19.9. The van der Waals surface area contributed by atoms with Gasteiger partial charge < -0.3 is 15.3 Å². The number of carbonyl (C=O) groups excluding carboxylic acids is 2. The van der Waals surface area contributed by atoms with Gasteiger partial charge in [0, 0.05) is 25.0 Å². The fourth-order valence-corrected chi connectivity index (χ4v) is 6.95. The standard InChI is InChI=1S/C27H40N2O3/c1-18(26(32)29-15-7-8-16-29)21-11-13-27(3)14-12-22(19(2)24(27)25(21)31)28-23(30)17-20-9-5-4-6-10-20/h4-6,9-10,18-19,21-22,24-25,31H,7-8,11-17H2,1-3H3,(H,28,30)/t18-,19+,21-,22-,24+,25-,27-/m0/s1. The molecule has 2 aliphatic carbocycles. The van der Waals surface area contributed by atoms with Crippen LogP contribution in [0.2, 0.25) is 0 Å². The predicted octanol–water partition coefficient (Wildman–Crippen LogP) is 3.80. The summed E-state index contributed by atoms with van der Waals surface area (Å²) in [5.41, 5.74) is 1.09. The van der Waals surface area contributed by atoms with E-state index in [1.165, 1.54) is 0 Å². The number of amides is 2. The fraction of sp³-hybridized carbons (Fsp3) is 0.704. The molecule has 5 heteroatoms. The Morgan fingerprint density at radius 2 is 1.81 bits per heavy atom. The molecule has 0 bridgehead atoms. The number of likely N-dealkylation sites (tertiary alicyclic amines) is 1. The minimum Gasteiger partial charge on any atom is -0.392 e. The summed E-state index contributed by atoms with van der Waals surface area (Å²) in [5.74, 6) is 0.406. The number of aliphatic hydroxyl groups is 1. The van der Waals surface area contributed by atoms with Gasteiger partial charge in [0.05, 0.1) is 12.5 Å². The van der Waals surface area contributed by atoms with Crippen molar-refractivity contribution in [3.05, 3.63) is 35.9 Å². The minimum atomic E-state index is -0.501. The van der Waals surface area contributed by atoms with Crippen LogP contribution in [0.25, 0.3) is 0 Å². The highest BCUT2D eigenvalue weighted by atomic mass is 16.3. The molecule has 1 aliphatic heterocycles. The lowest BCUT2D eigenvalue weighted by atomic mass is 9.51. The van der Waals surface area contributed by atoms with E-state index in [1.54, 1.807) is 0 Å². The van der Waals surface area contributed by atoms with Crippen molar-refractivity contribution in [1.82, 2.24) is 10.2 Å². The van der Waals surface area contributed by atoms with Crippen LogP contribution in [0.15, 0.2) is 30.3 Å². The topological polar surface area (TPSA) is 69.6 Å². The van der Waals surface area contributed by atoms with Gasteiger partial charge in [-0.25, -0.2) is 0 Å². The molecule has 3 fully saturated rings. The van der Waals surface area contributed by atoms with Crippen molar-refractivity contribution in [2.24, 2.45) is 29.1 Å². The first-order valence-electron chi connectivity index (χ1n) is 12.6. The number of benzene rings is 1. The van der Waals surface area contributed by atoms with E-state index in [9.17, 15) is 14.7 Å². The molecule has 0 spiro atoms. The molecule has 1 aromatic carbocycles. The Balaban J connectivity index is 1.43. The third-order valence-corrected chi connectivity index (χ3v) is 8.89. The van der Waals surface area contributed by atoms with Gasteiger partial charge in [-0.15, -0.1) is 0 Å². The van der Waals surface area contributed by atoms with Crippen molar-refractivity contribution >= 4 is 11.8 Å². The average molecular weight is 441 g/mol. The van der Waals surface area contributed by atoms with Crippen LogP contribution in [-0.4, -0.2) is 47.1 Å². The highest BCUT2D eigenvalue weighted by Gasteiger charge is 2.54. The van der Waals surface area contributed by atoms with Crippen LogP contribution in [0, 0.1) is 29.1 Å². The smallest absolute Gasteiger partial charge is 0.225 e. The van der Waals surface area contributed by atoms with E-state index in [0.29, 0.717) is 6.42 Å². The summed E-state index contributed by atoms with van der Waals surface area (Å²) >= 11 is 0. The molecule has 1 heterocycles. The Labute approximate surface area is 193 Å². The van der Waals surface area contributed by atoms with Crippen molar-refractivity contribution in [1.29, 1.82) is 0 Å². The molecule has 2 saturated carbocycles. The lowest BCUT2D eigenvalue weighted by Gasteiger charge is -2.56. The van der Waals surface area contributed by atoms with E-state index in [4.69, 9.17) is 0 Å². The fourth-order valence-electron chi connectivity index (χ4n) is 6.95. The number of nitrogens with one attached hydrogen (secondary N) is 1. The summed E-state index contributed by atoms with van der Waals surface area (Å²) in [5, 5.41) is 14.8. The Kier molecular flexibility index (Phi) is 6.94. The molecule has 32 heavy (non-hydrogen) atoms. The molecule has 0 aromatic heterocycles. The van der Waals surface area contributed by atoms with Crippen LogP contribution in [0.5, 0.6) is 0 Å². The van der Waals surface area contributed by atoms with Gasteiger partial charge in [0.25, 0.3) is 0 Å². The molecule has 2 amide bonds. The quantitative estimate of drug-likeness (QED) is 0.732. The van der Waals surface area contributed by atoms with Gasteiger partial charge in [0.1, 0.15) is 0 Å². The van der Waals surface area contributed by atoms with E-state index < -0.39 is 6.10 Å². The summed E-state index contributed by atoms with van der Waals surface area (Å²) in [6, 6.07) is 9.91. The predicted molar refractivity (Wildman–Crippen MR) is 126 cm³/mol. The molecule has 3 aliphatic rings. The van der Waals surface area contributed by atoms with Crippen LogP contribution in [0.3, 0.4) is 0 Å². The number of rotatable bonds is 5. The third-order valence-electron chi connectivity index (χ3n) is 8.89. The molecular weight excluding hydrogens is 400 g/mol. The lowest BCUT2D eigenvalue weighted by molar-refractivity contribution is -0.150. The van der Waals surface area contributed by atoms with Crippen molar-refractivity contribution < 1.29 is 14.7 Å². The Morgan fingerprint density at radius 3 is 2.50 bits per heavy atom. The number of hydrogen-bond donors (Lipinski definition) is 2. The number of hydrogen-bond acceptors (Lipinski definition) is 3. The average Bonchev–Trinajstić information content (AvgIpc) is 3.31. The zero-order chi connectivity index (χ0) is 22.9. The maximum Gasteiger partial charge on any atom is 0.225 e. The van der Waals surface area contributed by atoms with E-state index in [2.05, 4.69) is 19.2 Å².